The Morgan fingerprint density at radius 3 is 1.94 bits per heavy atom. The highest BCUT2D eigenvalue weighted by Crippen LogP contribution is 2.33. The molecule has 1 aliphatic rings. The molecule has 4 heteroatoms. The standard InChI is InChI=1S/C28H23N3O/c1-20-18-23(19-26-21(2)29-31(28(26)32)25-16-10-5-11-17-25)27(22-12-6-3-7-13-22)30(20)24-14-8-4-9-15-24/h3-19H,1-2H3/b26-19+. The third-order valence-electron chi connectivity index (χ3n) is 5.64. The first kappa shape index (κ1) is 19.8. The predicted octanol–water partition coefficient (Wildman–Crippen LogP) is 6.26. The summed E-state index contributed by atoms with van der Waals surface area (Å²) >= 11 is 0. The number of amides is 1. The summed E-state index contributed by atoms with van der Waals surface area (Å²) in [5.74, 6) is -0.113. The second kappa shape index (κ2) is 8.16. The lowest BCUT2D eigenvalue weighted by molar-refractivity contribution is -0.114. The maximum absolute atomic E-state index is 13.3. The van der Waals surface area contributed by atoms with Crippen LogP contribution >= 0.6 is 0 Å². The number of nitrogens with zero attached hydrogens (tertiary/aromatic N) is 3. The summed E-state index contributed by atoms with van der Waals surface area (Å²) in [5, 5.41) is 6.01. The van der Waals surface area contributed by atoms with Gasteiger partial charge >= 0.3 is 0 Å². The Labute approximate surface area is 187 Å². The van der Waals surface area contributed by atoms with Crippen LogP contribution in [0.1, 0.15) is 18.2 Å². The lowest BCUT2D eigenvalue weighted by Gasteiger charge is -2.13. The third kappa shape index (κ3) is 3.46. The number of carbonyl (C=O) groups excluding carboxylic acids is 1. The average molecular weight is 418 g/mol. The monoisotopic (exact) mass is 417 g/mol. The minimum Gasteiger partial charge on any atom is -0.313 e. The van der Waals surface area contributed by atoms with Crippen LogP contribution in [0.25, 0.3) is 23.0 Å². The Hall–Kier alpha value is -4.18. The minimum atomic E-state index is -0.113. The molecule has 3 aromatic carbocycles. The van der Waals surface area contributed by atoms with E-state index >= 15 is 0 Å². The molecule has 0 N–H and O–H groups in total. The van der Waals surface area contributed by atoms with E-state index in [1.807, 2.05) is 79.7 Å². The van der Waals surface area contributed by atoms with Gasteiger partial charge in [-0.2, -0.15) is 10.1 Å². The third-order valence-corrected chi connectivity index (χ3v) is 5.64. The molecule has 0 unspecified atom stereocenters. The Bertz CT molecular complexity index is 1330. The molecule has 0 fully saturated rings. The van der Waals surface area contributed by atoms with E-state index in [1.54, 1.807) is 0 Å². The van der Waals surface area contributed by atoms with Crippen molar-refractivity contribution in [1.29, 1.82) is 0 Å². The molecule has 1 aliphatic heterocycles. The van der Waals surface area contributed by atoms with Crippen molar-refractivity contribution in [1.82, 2.24) is 4.57 Å². The van der Waals surface area contributed by atoms with Gasteiger partial charge in [-0.05, 0) is 55.8 Å². The van der Waals surface area contributed by atoms with Gasteiger partial charge in [0.15, 0.2) is 0 Å². The topological polar surface area (TPSA) is 37.6 Å². The molecule has 4 nitrogen and oxygen atoms in total. The maximum atomic E-state index is 13.3. The smallest absolute Gasteiger partial charge is 0.280 e. The first-order chi connectivity index (χ1) is 15.6. The number of hydrogen-bond acceptors (Lipinski definition) is 2. The molecule has 1 amide bonds. The summed E-state index contributed by atoms with van der Waals surface area (Å²) in [6.45, 7) is 3.98. The molecular formula is C28H23N3O. The van der Waals surface area contributed by atoms with E-state index < -0.39 is 0 Å². The number of hydrazone groups is 1. The Morgan fingerprint density at radius 1 is 0.750 bits per heavy atom. The number of carbonyl (C=O) groups is 1. The summed E-state index contributed by atoms with van der Waals surface area (Å²) in [7, 11) is 0. The van der Waals surface area contributed by atoms with Crippen LogP contribution in [0.2, 0.25) is 0 Å². The zero-order valence-electron chi connectivity index (χ0n) is 18.1. The molecule has 5 rings (SSSR count). The number of anilines is 1. The molecule has 0 saturated heterocycles. The van der Waals surface area contributed by atoms with Gasteiger partial charge in [0.05, 0.1) is 22.7 Å². The number of aromatic nitrogens is 1. The summed E-state index contributed by atoms with van der Waals surface area (Å²) in [4.78, 5) is 13.3. The molecule has 0 radical (unpaired) electrons. The molecule has 0 saturated carbocycles. The minimum absolute atomic E-state index is 0.113. The molecule has 1 aromatic heterocycles. The van der Waals surface area contributed by atoms with E-state index in [0.717, 1.165) is 33.9 Å². The van der Waals surface area contributed by atoms with Crippen LogP contribution in [0.3, 0.4) is 0 Å². The number of benzene rings is 3. The highest BCUT2D eigenvalue weighted by atomic mass is 16.2. The number of rotatable bonds is 4. The summed E-state index contributed by atoms with van der Waals surface area (Å²) in [6, 6.07) is 32.2. The summed E-state index contributed by atoms with van der Waals surface area (Å²) < 4.78 is 2.24. The molecule has 156 valence electrons. The van der Waals surface area contributed by atoms with Crippen LogP contribution in [-0.2, 0) is 4.79 Å². The van der Waals surface area contributed by atoms with Gasteiger partial charge in [0.25, 0.3) is 5.91 Å². The van der Waals surface area contributed by atoms with Crippen molar-refractivity contribution in [2.24, 2.45) is 5.10 Å². The molecule has 0 spiro atoms. The molecule has 32 heavy (non-hydrogen) atoms. The Kier molecular flexibility index (Phi) is 5.04. The van der Waals surface area contributed by atoms with Gasteiger partial charge in [-0.25, -0.2) is 0 Å². The van der Waals surface area contributed by atoms with Gasteiger partial charge in [-0.3, -0.25) is 4.79 Å². The van der Waals surface area contributed by atoms with E-state index in [-0.39, 0.29) is 5.91 Å². The van der Waals surface area contributed by atoms with Crippen molar-refractivity contribution in [3.63, 3.8) is 0 Å². The lowest BCUT2D eigenvalue weighted by Crippen LogP contribution is -2.21. The zero-order chi connectivity index (χ0) is 22.1. The van der Waals surface area contributed by atoms with Crippen molar-refractivity contribution >= 4 is 23.4 Å². The van der Waals surface area contributed by atoms with E-state index in [1.165, 1.54) is 5.01 Å². The second-order valence-corrected chi connectivity index (χ2v) is 7.82. The number of para-hydroxylation sites is 2. The van der Waals surface area contributed by atoms with Crippen LogP contribution in [0.15, 0.2) is 108 Å². The van der Waals surface area contributed by atoms with Crippen molar-refractivity contribution in [2.75, 3.05) is 5.01 Å². The predicted molar refractivity (Wildman–Crippen MR) is 131 cm³/mol. The van der Waals surface area contributed by atoms with Gasteiger partial charge in [0.1, 0.15) is 0 Å². The van der Waals surface area contributed by atoms with Crippen molar-refractivity contribution in [3.05, 3.63) is 114 Å². The van der Waals surface area contributed by atoms with Crippen molar-refractivity contribution in [2.45, 2.75) is 13.8 Å². The molecular weight excluding hydrogens is 394 g/mol. The SMILES string of the molecule is CC1=NN(c2ccccc2)C(=O)/C1=C/c1cc(C)n(-c2ccccc2)c1-c1ccccc1. The average Bonchev–Trinajstić information content (AvgIpc) is 3.31. The first-order valence-electron chi connectivity index (χ1n) is 10.6. The summed E-state index contributed by atoms with van der Waals surface area (Å²) in [5.41, 5.74) is 7.41. The molecule has 0 aliphatic carbocycles. The highest BCUT2D eigenvalue weighted by molar-refractivity contribution is 6.32. The van der Waals surface area contributed by atoms with Crippen molar-refractivity contribution in [3.8, 4) is 16.9 Å². The second-order valence-electron chi connectivity index (χ2n) is 7.82. The van der Waals surface area contributed by atoms with E-state index in [0.29, 0.717) is 11.3 Å². The largest absolute Gasteiger partial charge is 0.313 e. The molecule has 4 aromatic rings. The fraction of sp³-hybridized carbons (Fsp3) is 0.0714. The summed E-state index contributed by atoms with van der Waals surface area (Å²) in [6.07, 6.45) is 1.97. The van der Waals surface area contributed by atoms with E-state index in [9.17, 15) is 4.79 Å². The van der Waals surface area contributed by atoms with E-state index in [4.69, 9.17) is 0 Å². The maximum Gasteiger partial charge on any atom is 0.280 e. The lowest BCUT2D eigenvalue weighted by atomic mass is 10.0. The molecule has 2 heterocycles. The van der Waals surface area contributed by atoms with Crippen LogP contribution in [-0.4, -0.2) is 16.2 Å². The van der Waals surface area contributed by atoms with E-state index in [2.05, 4.69) is 46.9 Å². The van der Waals surface area contributed by atoms with Gasteiger partial charge in [-0.1, -0.05) is 66.7 Å². The highest BCUT2D eigenvalue weighted by Gasteiger charge is 2.29. The normalized spacial score (nSPS) is 14.8. The van der Waals surface area contributed by atoms with Crippen LogP contribution in [0, 0.1) is 6.92 Å². The number of hydrogen-bond donors (Lipinski definition) is 0. The molecule has 0 bridgehead atoms. The van der Waals surface area contributed by atoms with Gasteiger partial charge in [0, 0.05) is 16.9 Å². The molecule has 0 atom stereocenters. The van der Waals surface area contributed by atoms with Crippen LogP contribution in [0.4, 0.5) is 5.69 Å². The van der Waals surface area contributed by atoms with Gasteiger partial charge in [-0.15, -0.1) is 0 Å². The van der Waals surface area contributed by atoms with Gasteiger partial charge in [0.2, 0.25) is 0 Å². The van der Waals surface area contributed by atoms with Crippen molar-refractivity contribution < 1.29 is 4.79 Å². The zero-order valence-corrected chi connectivity index (χ0v) is 18.1. The Morgan fingerprint density at radius 2 is 1.31 bits per heavy atom. The number of aryl methyl sites for hydroxylation is 1. The van der Waals surface area contributed by atoms with Crippen LogP contribution < -0.4 is 5.01 Å². The fourth-order valence-corrected chi connectivity index (χ4v) is 4.16. The van der Waals surface area contributed by atoms with Gasteiger partial charge < -0.3 is 4.57 Å². The first-order valence-corrected chi connectivity index (χ1v) is 10.6. The Balaban J connectivity index is 1.66. The quantitative estimate of drug-likeness (QED) is 0.361. The van der Waals surface area contributed by atoms with Crippen LogP contribution in [0.5, 0.6) is 0 Å². The fourth-order valence-electron chi connectivity index (χ4n) is 4.16.